The maximum Gasteiger partial charge on any atom is 0.224 e. The molecule has 1 amide bonds. The first-order chi connectivity index (χ1) is 9.17. The van der Waals surface area contributed by atoms with Crippen LogP contribution in [-0.4, -0.2) is 18.0 Å². The molecule has 3 heteroatoms. The lowest BCUT2D eigenvalue weighted by Crippen LogP contribution is -2.76. The van der Waals surface area contributed by atoms with E-state index < -0.39 is 0 Å². The second-order valence-corrected chi connectivity index (χ2v) is 7.22. The number of nitrogens with two attached hydrogens (primary N) is 1. The lowest BCUT2D eigenvalue weighted by atomic mass is 9.48. The molecule has 0 radical (unpaired) electrons. The summed E-state index contributed by atoms with van der Waals surface area (Å²) in [6.07, 6.45) is 0.435. The largest absolute Gasteiger partial charge is 0.352 e. The van der Waals surface area contributed by atoms with Gasteiger partial charge in [-0.1, -0.05) is 52.0 Å². The second kappa shape index (κ2) is 4.88. The van der Waals surface area contributed by atoms with Gasteiger partial charge in [0.05, 0.1) is 6.42 Å². The lowest BCUT2D eigenvalue weighted by molar-refractivity contribution is -0.131. The Balaban J connectivity index is 2.04. The summed E-state index contributed by atoms with van der Waals surface area (Å²) in [5, 5.41) is 3.18. The van der Waals surface area contributed by atoms with Crippen molar-refractivity contribution in [1.82, 2.24) is 5.32 Å². The van der Waals surface area contributed by atoms with E-state index in [4.69, 9.17) is 5.73 Å². The summed E-state index contributed by atoms with van der Waals surface area (Å²) in [5.41, 5.74) is 8.37. The number of benzene rings is 1. The van der Waals surface area contributed by atoms with Crippen LogP contribution in [0.25, 0.3) is 0 Å². The Morgan fingerprint density at radius 2 is 1.75 bits per heavy atom. The van der Waals surface area contributed by atoms with E-state index in [2.05, 4.69) is 33.0 Å². The third-order valence-corrected chi connectivity index (χ3v) is 5.01. The number of hydrogen-bond acceptors (Lipinski definition) is 2. The fourth-order valence-electron chi connectivity index (χ4n) is 3.75. The van der Waals surface area contributed by atoms with Crippen molar-refractivity contribution >= 4 is 5.91 Å². The van der Waals surface area contributed by atoms with Crippen LogP contribution in [0.3, 0.4) is 0 Å². The first-order valence-corrected chi connectivity index (χ1v) is 7.27. The van der Waals surface area contributed by atoms with Gasteiger partial charge in [-0.25, -0.2) is 0 Å². The summed E-state index contributed by atoms with van der Waals surface area (Å²) in [6, 6.07) is 8.25. The quantitative estimate of drug-likeness (QED) is 0.889. The highest BCUT2D eigenvalue weighted by Gasteiger charge is 2.60. The van der Waals surface area contributed by atoms with Gasteiger partial charge in [0, 0.05) is 22.9 Å². The molecule has 2 rings (SSSR count). The summed E-state index contributed by atoms with van der Waals surface area (Å²) in [5.74, 6) is 0.0809. The molecule has 0 saturated heterocycles. The van der Waals surface area contributed by atoms with Gasteiger partial charge in [0.2, 0.25) is 5.91 Å². The topological polar surface area (TPSA) is 55.1 Å². The van der Waals surface area contributed by atoms with Gasteiger partial charge in [-0.2, -0.15) is 0 Å². The van der Waals surface area contributed by atoms with E-state index in [1.165, 1.54) is 0 Å². The number of rotatable bonds is 3. The van der Waals surface area contributed by atoms with Crippen molar-refractivity contribution in [3.8, 4) is 0 Å². The van der Waals surface area contributed by atoms with Crippen LogP contribution >= 0.6 is 0 Å². The molecule has 0 aromatic heterocycles. The predicted octanol–water partition coefficient (Wildman–Crippen LogP) is 2.42. The number of nitrogens with one attached hydrogen (secondary N) is 1. The average molecular weight is 274 g/mol. The van der Waals surface area contributed by atoms with Crippen molar-refractivity contribution in [2.45, 2.75) is 53.1 Å². The summed E-state index contributed by atoms with van der Waals surface area (Å²) in [4.78, 5) is 12.3. The molecule has 0 aliphatic heterocycles. The van der Waals surface area contributed by atoms with Gasteiger partial charge in [0.25, 0.3) is 0 Å². The molecule has 1 aromatic carbocycles. The Morgan fingerprint density at radius 3 is 2.30 bits per heavy atom. The standard InChI is InChI=1S/C17H26N2O/c1-11-8-6-7-9-12(11)10-13(20)19-15-16(2,3)14(18)17(15,4)5/h6-9,14-15H,10,18H2,1-5H3,(H,19,20). The second-order valence-electron chi connectivity index (χ2n) is 7.22. The van der Waals surface area contributed by atoms with Crippen LogP contribution in [0.15, 0.2) is 24.3 Å². The van der Waals surface area contributed by atoms with Crippen LogP contribution in [-0.2, 0) is 11.2 Å². The van der Waals surface area contributed by atoms with E-state index >= 15 is 0 Å². The Kier molecular flexibility index (Phi) is 3.67. The molecule has 3 nitrogen and oxygen atoms in total. The molecule has 1 fully saturated rings. The van der Waals surface area contributed by atoms with Crippen molar-refractivity contribution in [3.05, 3.63) is 35.4 Å². The first kappa shape index (κ1) is 15.0. The molecule has 0 spiro atoms. The zero-order valence-electron chi connectivity index (χ0n) is 13.2. The summed E-state index contributed by atoms with van der Waals surface area (Å²) in [7, 11) is 0. The van der Waals surface area contributed by atoms with Gasteiger partial charge in [0.15, 0.2) is 0 Å². The van der Waals surface area contributed by atoms with E-state index in [0.29, 0.717) is 6.42 Å². The number of carbonyl (C=O) groups is 1. The molecular weight excluding hydrogens is 248 g/mol. The smallest absolute Gasteiger partial charge is 0.224 e. The van der Waals surface area contributed by atoms with Crippen molar-refractivity contribution in [1.29, 1.82) is 0 Å². The number of carbonyl (C=O) groups excluding carboxylic acids is 1. The molecule has 1 saturated carbocycles. The van der Waals surface area contributed by atoms with Gasteiger partial charge in [-0.05, 0) is 18.1 Å². The average Bonchev–Trinajstić information content (AvgIpc) is 2.37. The predicted molar refractivity (Wildman–Crippen MR) is 82.4 cm³/mol. The minimum atomic E-state index is -0.0507. The number of hydrogen-bond donors (Lipinski definition) is 2. The Morgan fingerprint density at radius 1 is 1.20 bits per heavy atom. The molecule has 1 aliphatic carbocycles. The normalized spacial score (nSPS) is 26.7. The van der Waals surface area contributed by atoms with E-state index in [1.54, 1.807) is 0 Å². The summed E-state index contributed by atoms with van der Waals surface area (Å²) < 4.78 is 0. The fraction of sp³-hybridized carbons (Fsp3) is 0.588. The number of amides is 1. The van der Waals surface area contributed by atoms with Gasteiger partial charge in [-0.15, -0.1) is 0 Å². The van der Waals surface area contributed by atoms with Gasteiger partial charge < -0.3 is 11.1 Å². The van der Waals surface area contributed by atoms with Crippen molar-refractivity contribution < 1.29 is 4.79 Å². The van der Waals surface area contributed by atoms with E-state index in [9.17, 15) is 4.79 Å². The highest BCUT2D eigenvalue weighted by molar-refractivity contribution is 5.79. The van der Waals surface area contributed by atoms with Crippen molar-refractivity contribution in [3.63, 3.8) is 0 Å². The zero-order valence-corrected chi connectivity index (χ0v) is 13.2. The summed E-state index contributed by atoms with van der Waals surface area (Å²) >= 11 is 0. The van der Waals surface area contributed by atoms with Crippen LogP contribution in [0.1, 0.15) is 38.8 Å². The number of aryl methyl sites for hydroxylation is 1. The molecule has 3 N–H and O–H groups in total. The van der Waals surface area contributed by atoms with Crippen LogP contribution in [0.5, 0.6) is 0 Å². The molecule has 110 valence electrons. The van der Waals surface area contributed by atoms with Crippen molar-refractivity contribution in [2.24, 2.45) is 16.6 Å². The minimum absolute atomic E-state index is 0.0507. The molecule has 0 heterocycles. The molecule has 0 unspecified atom stereocenters. The Hall–Kier alpha value is -1.35. The van der Waals surface area contributed by atoms with E-state index in [0.717, 1.165) is 11.1 Å². The molecule has 0 bridgehead atoms. The maximum atomic E-state index is 12.3. The molecular formula is C17H26N2O. The third kappa shape index (κ3) is 2.35. The summed E-state index contributed by atoms with van der Waals surface area (Å²) in [6.45, 7) is 10.5. The molecule has 1 aliphatic rings. The van der Waals surface area contributed by atoms with Gasteiger partial charge in [0.1, 0.15) is 0 Å². The zero-order chi connectivity index (χ0) is 15.1. The first-order valence-electron chi connectivity index (χ1n) is 7.27. The molecule has 20 heavy (non-hydrogen) atoms. The monoisotopic (exact) mass is 274 g/mol. The Bertz CT molecular complexity index is 503. The van der Waals surface area contributed by atoms with E-state index in [1.807, 2.05) is 31.2 Å². The SMILES string of the molecule is Cc1ccccc1CC(=O)NC1C(C)(C)C(N)C1(C)C. The molecule has 0 atom stereocenters. The van der Waals surface area contributed by atoms with Crippen molar-refractivity contribution in [2.75, 3.05) is 0 Å². The highest BCUT2D eigenvalue weighted by Crippen LogP contribution is 2.52. The van der Waals surface area contributed by atoms with Gasteiger partial charge in [-0.3, -0.25) is 4.79 Å². The van der Waals surface area contributed by atoms with Crippen LogP contribution < -0.4 is 11.1 Å². The van der Waals surface area contributed by atoms with E-state index in [-0.39, 0.29) is 28.8 Å². The van der Waals surface area contributed by atoms with Crippen LogP contribution in [0.2, 0.25) is 0 Å². The molecule has 1 aromatic rings. The third-order valence-electron chi connectivity index (χ3n) is 5.01. The fourth-order valence-corrected chi connectivity index (χ4v) is 3.75. The minimum Gasteiger partial charge on any atom is -0.352 e. The van der Waals surface area contributed by atoms with Gasteiger partial charge >= 0.3 is 0 Å². The van der Waals surface area contributed by atoms with Crippen LogP contribution in [0, 0.1) is 17.8 Å². The van der Waals surface area contributed by atoms with Crippen LogP contribution in [0.4, 0.5) is 0 Å². The Labute approximate surface area is 121 Å². The highest BCUT2D eigenvalue weighted by atomic mass is 16.1. The maximum absolute atomic E-state index is 12.3. The lowest BCUT2D eigenvalue weighted by Gasteiger charge is -2.62.